The van der Waals surface area contributed by atoms with Crippen LogP contribution in [0.4, 0.5) is 11.4 Å². The average Bonchev–Trinajstić information content (AvgIpc) is 4.05. The van der Waals surface area contributed by atoms with Crippen molar-refractivity contribution in [1.82, 2.24) is 29.7 Å². The van der Waals surface area contributed by atoms with Crippen LogP contribution >= 0.6 is 23.2 Å². The third kappa shape index (κ3) is 7.63. The average molecular weight is 826 g/mol. The number of hydrogen-bond acceptors (Lipinski definition) is 8. The van der Waals surface area contributed by atoms with Crippen LogP contribution in [0.3, 0.4) is 0 Å². The Kier molecular flexibility index (Phi) is 10.5. The summed E-state index contributed by atoms with van der Waals surface area (Å²) in [5.74, 6) is -0.809. The van der Waals surface area contributed by atoms with Gasteiger partial charge in [0.05, 0.1) is 29.5 Å². The molecule has 14 heteroatoms. The minimum absolute atomic E-state index is 0.216. The lowest BCUT2D eigenvalue weighted by Crippen LogP contribution is -2.43. The minimum atomic E-state index is -1.10. The number of H-pyrrole nitrogens is 1. The summed E-state index contributed by atoms with van der Waals surface area (Å²) in [6.45, 7) is 0.981. The third-order valence-electron chi connectivity index (χ3n) is 11.1. The lowest BCUT2D eigenvalue weighted by molar-refractivity contribution is -0.124. The molecule has 2 saturated heterocycles. The highest BCUT2D eigenvalue weighted by Crippen LogP contribution is 2.34. The van der Waals surface area contributed by atoms with E-state index in [1.54, 1.807) is 28.3 Å². The highest BCUT2D eigenvalue weighted by atomic mass is 35.5. The molecular formula is C45H38Cl2N8O4. The number of halogens is 2. The molecule has 2 aliphatic heterocycles. The molecule has 296 valence electrons. The highest BCUT2D eigenvalue weighted by molar-refractivity contribution is 6.30. The molecule has 0 radical (unpaired) electrons. The molecule has 0 spiro atoms. The standard InChI is InChI=1S/C45H38Cl2N8O4/c46-36-23-28-7-1-3-9-32(28)40(52-36)44(58)54-21-5-11-34(54)42(56)50-30-17-13-26(14-18-30)38-39(49-25-48-38)27-15-19-31(20-16-27)51-43(57)35-12-6-22-55(35)45(59)41-33-10-4-2-8-29(33)24-37(47)53-41/h1-4,7-10,13-20,23-25,34-35,44,58H,5-6,11-12,21-22H2,(H,48,49)(H,50,56)(H,51,57). The van der Waals surface area contributed by atoms with Gasteiger partial charge in [-0.2, -0.15) is 0 Å². The van der Waals surface area contributed by atoms with Crippen LogP contribution in [0.1, 0.15) is 48.1 Å². The van der Waals surface area contributed by atoms with E-state index in [0.717, 1.165) is 39.4 Å². The molecule has 7 aromatic rings. The Morgan fingerprint density at radius 3 is 2.00 bits per heavy atom. The lowest BCUT2D eigenvalue weighted by Gasteiger charge is -2.29. The SMILES string of the molecule is O=C(Nc1ccc(-c2[nH]cnc2-c2ccc(NC(=O)C3CCCN3C(O)c3nc(Cl)cc4ccccc34)cc2)cc1)C1CCCN1C(=O)c1nc(Cl)cc2ccccc12. The maximum absolute atomic E-state index is 13.7. The van der Waals surface area contributed by atoms with Gasteiger partial charge in [0, 0.05) is 46.4 Å². The normalized spacial score (nSPS) is 17.4. The minimum Gasteiger partial charge on any atom is -0.372 e. The second-order valence-electron chi connectivity index (χ2n) is 14.8. The molecule has 59 heavy (non-hydrogen) atoms. The molecule has 3 aromatic heterocycles. The number of anilines is 2. The summed E-state index contributed by atoms with van der Waals surface area (Å²) in [6.07, 6.45) is 3.10. The molecule has 2 aliphatic rings. The molecule has 4 aromatic carbocycles. The zero-order chi connectivity index (χ0) is 40.6. The maximum Gasteiger partial charge on any atom is 0.273 e. The lowest BCUT2D eigenvalue weighted by atomic mass is 10.0. The van der Waals surface area contributed by atoms with Gasteiger partial charge < -0.3 is 25.6 Å². The number of carbonyl (C=O) groups excluding carboxylic acids is 3. The Morgan fingerprint density at radius 1 is 0.712 bits per heavy atom. The Hall–Kier alpha value is -6.18. The number of nitrogens with zero attached hydrogens (tertiary/aromatic N) is 5. The summed E-state index contributed by atoms with van der Waals surface area (Å²) < 4.78 is 0. The zero-order valence-corrected chi connectivity index (χ0v) is 33.1. The quantitative estimate of drug-likeness (QED) is 0.106. The van der Waals surface area contributed by atoms with E-state index in [0.29, 0.717) is 60.5 Å². The predicted octanol–water partition coefficient (Wildman–Crippen LogP) is 8.48. The van der Waals surface area contributed by atoms with Gasteiger partial charge >= 0.3 is 0 Å². The molecule has 9 rings (SSSR count). The van der Waals surface area contributed by atoms with Crippen molar-refractivity contribution < 1.29 is 19.5 Å². The number of aliphatic hydroxyl groups excluding tert-OH is 1. The van der Waals surface area contributed by atoms with Gasteiger partial charge in [-0.15, -0.1) is 0 Å². The number of hydrogen-bond donors (Lipinski definition) is 4. The predicted molar refractivity (Wildman–Crippen MR) is 229 cm³/mol. The molecule has 0 bridgehead atoms. The maximum atomic E-state index is 13.7. The summed E-state index contributed by atoms with van der Waals surface area (Å²) in [4.78, 5) is 60.8. The van der Waals surface area contributed by atoms with Crippen LogP contribution in [0.5, 0.6) is 0 Å². The van der Waals surface area contributed by atoms with Gasteiger partial charge in [0.15, 0.2) is 6.23 Å². The summed E-state index contributed by atoms with van der Waals surface area (Å²) in [5, 5.41) is 21.1. The third-order valence-corrected chi connectivity index (χ3v) is 11.5. The first-order chi connectivity index (χ1) is 28.7. The Balaban J connectivity index is 0.848. The van der Waals surface area contributed by atoms with Crippen LogP contribution < -0.4 is 10.6 Å². The number of likely N-dealkylation sites (tertiary alicyclic amines) is 2. The van der Waals surface area contributed by atoms with Crippen LogP contribution in [0.25, 0.3) is 44.1 Å². The number of pyridine rings is 2. The number of fused-ring (bicyclic) bond motifs is 2. The van der Waals surface area contributed by atoms with Gasteiger partial charge in [-0.3, -0.25) is 19.3 Å². The van der Waals surface area contributed by atoms with Crippen molar-refractivity contribution in [2.75, 3.05) is 23.7 Å². The number of nitrogens with one attached hydrogen (secondary N) is 3. The topological polar surface area (TPSA) is 156 Å². The summed E-state index contributed by atoms with van der Waals surface area (Å²) in [7, 11) is 0. The van der Waals surface area contributed by atoms with Gasteiger partial charge in [-0.05, 0) is 72.9 Å². The smallest absolute Gasteiger partial charge is 0.273 e. The van der Waals surface area contributed by atoms with E-state index < -0.39 is 18.3 Å². The molecule has 3 amide bonds. The summed E-state index contributed by atoms with van der Waals surface area (Å²) in [5.41, 5.74) is 5.06. The molecule has 3 unspecified atom stereocenters. The van der Waals surface area contributed by atoms with Gasteiger partial charge in [0.25, 0.3) is 5.91 Å². The van der Waals surface area contributed by atoms with Gasteiger partial charge in [-0.1, -0.05) is 96.0 Å². The number of imidazole rings is 1. The molecule has 0 saturated carbocycles. The number of rotatable bonds is 9. The molecule has 4 N–H and O–H groups in total. The van der Waals surface area contributed by atoms with E-state index in [4.69, 9.17) is 23.2 Å². The first kappa shape index (κ1) is 38.3. The fraction of sp³-hybridized carbons (Fsp3) is 0.200. The van der Waals surface area contributed by atoms with Crippen LogP contribution in [0.15, 0.2) is 116 Å². The fourth-order valence-corrected chi connectivity index (χ4v) is 8.68. The second kappa shape index (κ2) is 16.2. The van der Waals surface area contributed by atoms with Gasteiger partial charge in [0.2, 0.25) is 11.8 Å². The Labute approximate surface area is 349 Å². The number of benzene rings is 4. The van der Waals surface area contributed by atoms with Crippen LogP contribution in [-0.2, 0) is 9.59 Å². The van der Waals surface area contributed by atoms with Gasteiger partial charge in [0.1, 0.15) is 22.0 Å². The van der Waals surface area contributed by atoms with Crippen molar-refractivity contribution in [2.24, 2.45) is 0 Å². The van der Waals surface area contributed by atoms with Crippen molar-refractivity contribution in [3.8, 4) is 22.5 Å². The van der Waals surface area contributed by atoms with Crippen molar-refractivity contribution in [3.63, 3.8) is 0 Å². The van der Waals surface area contributed by atoms with E-state index in [1.807, 2.05) is 97.1 Å². The number of carbonyl (C=O) groups is 3. The van der Waals surface area contributed by atoms with Gasteiger partial charge in [-0.25, -0.2) is 15.0 Å². The molecule has 5 heterocycles. The van der Waals surface area contributed by atoms with Crippen LogP contribution in [0.2, 0.25) is 10.3 Å². The van der Waals surface area contributed by atoms with Crippen LogP contribution in [-0.4, -0.2) is 77.7 Å². The second-order valence-corrected chi connectivity index (χ2v) is 15.5. The van der Waals surface area contributed by atoms with E-state index in [2.05, 4.69) is 30.6 Å². The Morgan fingerprint density at radius 2 is 1.29 bits per heavy atom. The molecule has 2 fully saturated rings. The van der Waals surface area contributed by atoms with E-state index in [-0.39, 0.29) is 33.7 Å². The monoisotopic (exact) mass is 824 g/mol. The molecule has 0 aliphatic carbocycles. The van der Waals surface area contributed by atoms with Crippen molar-refractivity contribution in [3.05, 3.63) is 137 Å². The molecular weight excluding hydrogens is 787 g/mol. The van der Waals surface area contributed by atoms with E-state index in [1.165, 1.54) is 0 Å². The largest absolute Gasteiger partial charge is 0.372 e. The molecule has 3 atom stereocenters. The van der Waals surface area contributed by atoms with E-state index >= 15 is 0 Å². The number of aromatic nitrogens is 4. The highest BCUT2D eigenvalue weighted by Gasteiger charge is 2.38. The van der Waals surface area contributed by atoms with Crippen molar-refractivity contribution in [2.45, 2.75) is 44.0 Å². The van der Waals surface area contributed by atoms with E-state index in [9.17, 15) is 19.5 Å². The van der Waals surface area contributed by atoms with Crippen molar-refractivity contribution in [1.29, 1.82) is 0 Å². The number of aliphatic hydroxyl groups is 1. The molecule has 12 nitrogen and oxygen atoms in total. The Bertz CT molecular complexity index is 2720. The zero-order valence-electron chi connectivity index (χ0n) is 31.6. The first-order valence-electron chi connectivity index (χ1n) is 19.4. The number of aromatic amines is 1. The van der Waals surface area contributed by atoms with Crippen LogP contribution in [0, 0.1) is 0 Å². The number of amides is 3. The van der Waals surface area contributed by atoms with Crippen molar-refractivity contribution >= 4 is 73.8 Å². The summed E-state index contributed by atoms with van der Waals surface area (Å²) in [6, 6.07) is 32.2. The summed E-state index contributed by atoms with van der Waals surface area (Å²) >= 11 is 12.6. The first-order valence-corrected chi connectivity index (χ1v) is 20.2. The fourth-order valence-electron chi connectivity index (χ4n) is 8.27.